The number of benzene rings is 1. The van der Waals surface area contributed by atoms with Gasteiger partial charge in [0.25, 0.3) is 5.91 Å². The average molecular weight is 347 g/mol. The van der Waals surface area contributed by atoms with Gasteiger partial charge >= 0.3 is 0 Å². The maximum absolute atomic E-state index is 12.3. The monoisotopic (exact) mass is 347 g/mol. The highest BCUT2D eigenvalue weighted by molar-refractivity contribution is 5.93. The first-order valence-electron chi connectivity index (χ1n) is 8.07. The molecule has 2 rings (SSSR count). The lowest BCUT2D eigenvalue weighted by Gasteiger charge is -2.27. The Kier molecular flexibility index (Phi) is 6.19. The standard InChI is InChI=1S/C17H22N4O4/c1-24-14-7-12(9-18)13(8-15(14)25-2)20-16(22)10-21-5-3-11(4-6-21)17(19)23/h7-8,11H,3-6,10H2,1-2H3,(H2,19,23)(H,20,22)/p+1. The molecule has 1 aliphatic heterocycles. The number of nitrogens with two attached hydrogens (primary N) is 1. The summed E-state index contributed by atoms with van der Waals surface area (Å²) in [6.45, 7) is 1.71. The van der Waals surface area contributed by atoms with Gasteiger partial charge in [0.05, 0.1) is 38.6 Å². The van der Waals surface area contributed by atoms with E-state index in [2.05, 4.69) is 5.32 Å². The summed E-state index contributed by atoms with van der Waals surface area (Å²) in [5.74, 6) is 0.300. The third-order valence-electron chi connectivity index (χ3n) is 4.42. The number of nitrogens with one attached hydrogen (secondary N) is 2. The maximum atomic E-state index is 12.3. The number of amides is 2. The molecule has 0 aliphatic carbocycles. The first-order chi connectivity index (χ1) is 12.0. The van der Waals surface area contributed by atoms with Gasteiger partial charge in [0.15, 0.2) is 18.0 Å². The van der Waals surface area contributed by atoms with Crippen LogP contribution in [-0.4, -0.2) is 45.7 Å². The van der Waals surface area contributed by atoms with Crippen LogP contribution in [0.4, 0.5) is 5.69 Å². The number of anilines is 1. The normalized spacial score (nSPS) is 19.6. The zero-order chi connectivity index (χ0) is 18.4. The van der Waals surface area contributed by atoms with E-state index in [4.69, 9.17) is 15.2 Å². The van der Waals surface area contributed by atoms with E-state index in [9.17, 15) is 14.9 Å². The van der Waals surface area contributed by atoms with Crippen LogP contribution in [0.25, 0.3) is 0 Å². The van der Waals surface area contributed by atoms with Crippen molar-refractivity contribution < 1.29 is 24.0 Å². The van der Waals surface area contributed by atoms with Crippen LogP contribution in [0.15, 0.2) is 12.1 Å². The van der Waals surface area contributed by atoms with Crippen molar-refractivity contribution in [3.63, 3.8) is 0 Å². The number of methoxy groups -OCH3 is 2. The highest BCUT2D eigenvalue weighted by atomic mass is 16.5. The minimum atomic E-state index is -0.271. The molecule has 0 saturated carbocycles. The molecule has 25 heavy (non-hydrogen) atoms. The van der Waals surface area contributed by atoms with Crippen LogP contribution in [0.5, 0.6) is 11.5 Å². The van der Waals surface area contributed by atoms with Gasteiger partial charge in [0.2, 0.25) is 5.91 Å². The largest absolute Gasteiger partial charge is 0.493 e. The molecule has 1 fully saturated rings. The van der Waals surface area contributed by atoms with Crippen molar-refractivity contribution in [2.45, 2.75) is 12.8 Å². The summed E-state index contributed by atoms with van der Waals surface area (Å²) in [7, 11) is 2.97. The van der Waals surface area contributed by atoms with E-state index in [0.29, 0.717) is 35.6 Å². The fraction of sp³-hybridized carbons (Fsp3) is 0.471. The van der Waals surface area contributed by atoms with Crippen molar-refractivity contribution in [2.75, 3.05) is 39.2 Å². The van der Waals surface area contributed by atoms with Crippen LogP contribution < -0.4 is 25.4 Å². The Morgan fingerprint density at radius 3 is 2.40 bits per heavy atom. The van der Waals surface area contributed by atoms with Crippen molar-refractivity contribution in [2.24, 2.45) is 11.7 Å². The van der Waals surface area contributed by atoms with Crippen LogP contribution in [0.2, 0.25) is 0 Å². The Bertz CT molecular complexity index is 691. The molecule has 0 radical (unpaired) electrons. The number of quaternary nitrogens is 1. The molecule has 1 aliphatic rings. The summed E-state index contributed by atoms with van der Waals surface area (Å²) < 4.78 is 10.4. The fourth-order valence-electron chi connectivity index (χ4n) is 2.98. The minimum Gasteiger partial charge on any atom is -0.493 e. The summed E-state index contributed by atoms with van der Waals surface area (Å²) in [4.78, 5) is 24.6. The van der Waals surface area contributed by atoms with E-state index in [0.717, 1.165) is 18.0 Å². The second kappa shape index (κ2) is 8.35. The molecule has 1 aromatic rings. The van der Waals surface area contributed by atoms with Crippen molar-refractivity contribution in [3.8, 4) is 17.6 Å². The van der Waals surface area contributed by atoms with E-state index < -0.39 is 0 Å². The van der Waals surface area contributed by atoms with Crippen LogP contribution in [0.3, 0.4) is 0 Å². The summed E-state index contributed by atoms with van der Waals surface area (Å²) in [6, 6.07) is 5.14. The number of ether oxygens (including phenoxy) is 2. The SMILES string of the molecule is COc1cc(C#N)c(NC(=O)C[NH+]2CCC(C(N)=O)CC2)cc1OC. The summed E-state index contributed by atoms with van der Waals surface area (Å²) in [5, 5.41) is 12.0. The zero-order valence-electron chi connectivity index (χ0n) is 14.4. The third kappa shape index (κ3) is 4.61. The molecular formula is C17H23N4O4+. The molecule has 0 atom stereocenters. The fourth-order valence-corrected chi connectivity index (χ4v) is 2.98. The predicted octanol–water partition coefficient (Wildman–Crippen LogP) is -0.706. The maximum Gasteiger partial charge on any atom is 0.279 e. The average Bonchev–Trinajstić information content (AvgIpc) is 2.61. The predicted molar refractivity (Wildman–Crippen MR) is 90.4 cm³/mol. The summed E-state index contributed by atoms with van der Waals surface area (Å²) in [6.07, 6.45) is 1.38. The van der Waals surface area contributed by atoms with E-state index in [1.165, 1.54) is 20.3 Å². The van der Waals surface area contributed by atoms with Crippen LogP contribution >= 0.6 is 0 Å². The van der Waals surface area contributed by atoms with Crippen LogP contribution in [0.1, 0.15) is 18.4 Å². The number of piperidine rings is 1. The zero-order valence-corrected chi connectivity index (χ0v) is 14.4. The Hall–Kier alpha value is -2.79. The lowest BCUT2D eigenvalue weighted by Crippen LogP contribution is -3.14. The lowest BCUT2D eigenvalue weighted by molar-refractivity contribution is -0.897. The molecule has 134 valence electrons. The number of primary amides is 1. The number of nitrogens with zero attached hydrogens (tertiary/aromatic N) is 1. The minimum absolute atomic E-state index is 0.0946. The van der Waals surface area contributed by atoms with E-state index in [-0.39, 0.29) is 24.3 Å². The van der Waals surface area contributed by atoms with Gasteiger partial charge in [-0.25, -0.2) is 0 Å². The topological polar surface area (TPSA) is 119 Å². The highest BCUT2D eigenvalue weighted by Gasteiger charge is 2.27. The number of carbonyl (C=O) groups excluding carboxylic acids is 2. The molecule has 0 unspecified atom stereocenters. The molecule has 1 heterocycles. The summed E-state index contributed by atoms with van der Waals surface area (Å²) >= 11 is 0. The van der Waals surface area contributed by atoms with Crippen molar-refractivity contribution in [1.29, 1.82) is 5.26 Å². The van der Waals surface area contributed by atoms with E-state index in [1.54, 1.807) is 6.07 Å². The van der Waals surface area contributed by atoms with Crippen molar-refractivity contribution in [1.82, 2.24) is 0 Å². The summed E-state index contributed by atoms with van der Waals surface area (Å²) in [5.41, 5.74) is 6.00. The van der Waals surface area contributed by atoms with Gasteiger partial charge < -0.3 is 25.4 Å². The molecule has 0 aromatic heterocycles. The molecule has 8 nitrogen and oxygen atoms in total. The Balaban J connectivity index is 2.01. The molecule has 4 N–H and O–H groups in total. The van der Waals surface area contributed by atoms with Crippen molar-refractivity contribution >= 4 is 17.5 Å². The number of hydrogen-bond donors (Lipinski definition) is 3. The molecular weight excluding hydrogens is 324 g/mol. The third-order valence-corrected chi connectivity index (χ3v) is 4.42. The highest BCUT2D eigenvalue weighted by Crippen LogP contribution is 2.32. The van der Waals surface area contributed by atoms with Gasteiger partial charge in [-0.15, -0.1) is 0 Å². The second-order valence-electron chi connectivity index (χ2n) is 6.02. The van der Waals surface area contributed by atoms with Gasteiger partial charge in [-0.3, -0.25) is 9.59 Å². The second-order valence-corrected chi connectivity index (χ2v) is 6.02. The van der Waals surface area contributed by atoms with Crippen LogP contribution in [0, 0.1) is 17.2 Å². The van der Waals surface area contributed by atoms with E-state index in [1.807, 2.05) is 6.07 Å². The van der Waals surface area contributed by atoms with Gasteiger partial charge in [0, 0.05) is 30.9 Å². The molecule has 0 spiro atoms. The van der Waals surface area contributed by atoms with E-state index >= 15 is 0 Å². The molecule has 0 bridgehead atoms. The first kappa shape index (κ1) is 18.5. The molecule has 1 saturated heterocycles. The quantitative estimate of drug-likeness (QED) is 0.628. The molecule has 1 aromatic carbocycles. The number of likely N-dealkylation sites (tertiary alicyclic amines) is 1. The van der Waals surface area contributed by atoms with Crippen molar-refractivity contribution in [3.05, 3.63) is 17.7 Å². The lowest BCUT2D eigenvalue weighted by atomic mass is 9.96. The van der Waals surface area contributed by atoms with Gasteiger partial charge in [-0.05, 0) is 0 Å². The first-order valence-corrected chi connectivity index (χ1v) is 8.07. The Morgan fingerprint density at radius 2 is 1.88 bits per heavy atom. The van der Waals surface area contributed by atoms with Gasteiger partial charge in [-0.2, -0.15) is 5.26 Å². The van der Waals surface area contributed by atoms with Crippen LogP contribution in [-0.2, 0) is 9.59 Å². The number of hydrogen-bond acceptors (Lipinski definition) is 5. The number of rotatable bonds is 6. The number of nitriles is 1. The Morgan fingerprint density at radius 1 is 1.28 bits per heavy atom. The van der Waals surface area contributed by atoms with Gasteiger partial charge in [-0.1, -0.05) is 0 Å². The number of carbonyl (C=O) groups is 2. The Labute approximate surface area is 146 Å². The molecule has 2 amide bonds. The molecule has 8 heteroatoms. The smallest absolute Gasteiger partial charge is 0.279 e. The van der Waals surface area contributed by atoms with Gasteiger partial charge in [0.1, 0.15) is 6.07 Å².